The molecule has 0 heterocycles. The molecule has 0 atom stereocenters. The van der Waals surface area contributed by atoms with Gasteiger partial charge in [-0.15, -0.1) is 0 Å². The Hall–Kier alpha value is 0.479. The summed E-state index contributed by atoms with van der Waals surface area (Å²) in [6.45, 7) is 0. The zero-order chi connectivity index (χ0) is 0. The van der Waals surface area contributed by atoms with Crippen LogP contribution in [0.25, 0.3) is 0 Å². The van der Waals surface area contributed by atoms with Crippen molar-refractivity contribution < 1.29 is 22.5 Å². The summed E-state index contributed by atoms with van der Waals surface area (Å²) >= 11 is 0. The average Bonchev–Trinajstić information content (AvgIpc) is 0. The minimum Gasteiger partial charge on any atom is -0.412 e. The Balaban J connectivity index is 0. The van der Waals surface area contributed by atoms with E-state index in [1.54, 1.807) is 0 Å². The molecule has 0 saturated carbocycles. The van der Waals surface area contributed by atoms with Gasteiger partial charge in [0.2, 0.25) is 0 Å². The second-order valence-corrected chi connectivity index (χ2v) is 0. The summed E-state index contributed by atoms with van der Waals surface area (Å²) in [5, 5.41) is 0. The Labute approximate surface area is 52.9 Å². The predicted molar refractivity (Wildman–Crippen MR) is 29.3 cm³/mol. The van der Waals surface area contributed by atoms with Gasteiger partial charge in [-0.25, -0.2) is 0 Å². The van der Waals surface area contributed by atoms with Crippen LogP contribution in [0.5, 0.6) is 0 Å². The summed E-state index contributed by atoms with van der Waals surface area (Å²) < 4.78 is 0. The second-order valence-electron chi connectivity index (χ2n) is 0. The van der Waals surface area contributed by atoms with Crippen LogP contribution in [0, 0.1) is 29.7 Å². The van der Waals surface area contributed by atoms with E-state index in [1.807, 2.05) is 0 Å². The van der Waals surface area contributed by atoms with Gasteiger partial charge in [0.15, 0.2) is 0 Å². The molecule has 0 aromatic rings. The largest absolute Gasteiger partial charge is 4.00 e. The van der Waals surface area contributed by atoms with E-state index in [9.17, 15) is 0 Å². The number of hydrogen-bond donors (Lipinski definition) is 0. The van der Waals surface area contributed by atoms with Crippen LogP contribution in [0.3, 0.4) is 0 Å². The van der Waals surface area contributed by atoms with Crippen molar-refractivity contribution in [1.82, 2.24) is 0 Å². The van der Waals surface area contributed by atoms with E-state index in [4.69, 9.17) is 0 Å². The van der Waals surface area contributed by atoms with Gasteiger partial charge in [0.1, 0.15) is 0 Å². The van der Waals surface area contributed by atoms with Crippen molar-refractivity contribution in [2.75, 3.05) is 0 Å². The fraction of sp³-hybridized carbons (Fsp3) is 0. The van der Waals surface area contributed by atoms with Gasteiger partial charge in [-0.1, -0.05) is 0 Å². The maximum Gasteiger partial charge on any atom is 4.00 e. The fourth-order valence-electron chi connectivity index (χ4n) is 0. The van der Waals surface area contributed by atoms with Gasteiger partial charge in [0.25, 0.3) is 0 Å². The van der Waals surface area contributed by atoms with Crippen molar-refractivity contribution in [1.29, 1.82) is 0 Å². The van der Waals surface area contributed by atoms with Crippen molar-refractivity contribution in [3.05, 3.63) is 29.7 Å². The van der Waals surface area contributed by atoms with Crippen LogP contribution in [0.15, 0.2) is 0 Å². The topological polar surface area (TPSA) is 31.5 Å². The van der Waals surface area contributed by atoms with E-state index in [1.165, 1.54) is 0 Å². The van der Waals surface area contributed by atoms with Gasteiger partial charge in [0.05, 0.1) is 0 Å². The summed E-state index contributed by atoms with van der Waals surface area (Å²) in [4.78, 5) is 0. The van der Waals surface area contributed by atoms with Crippen LogP contribution in [0.4, 0.5) is 0 Å². The molecular weight excluding hydrogens is 120 g/mol. The quantitative estimate of drug-likeness (QED) is 0.349. The molecule has 0 aliphatic rings. The SMILES string of the molecule is O.[CH3-].[CH3-].[CH3-].[CH3-].[Fe+4]. The Morgan fingerprint density at radius 3 is 0.500 bits per heavy atom. The first-order valence-electron chi connectivity index (χ1n) is 0. The van der Waals surface area contributed by atoms with Crippen molar-refractivity contribution in [2.45, 2.75) is 0 Å². The van der Waals surface area contributed by atoms with Gasteiger partial charge < -0.3 is 35.2 Å². The molecule has 0 aromatic carbocycles. The first-order chi connectivity index (χ1) is 0. The first kappa shape index (κ1) is 846. The molecule has 0 rings (SSSR count). The van der Waals surface area contributed by atoms with Crippen LogP contribution in [-0.2, 0) is 17.1 Å². The Kier molecular flexibility index (Phi) is 67400. The third-order valence-corrected chi connectivity index (χ3v) is 0. The Morgan fingerprint density at radius 2 is 0.500 bits per heavy atom. The van der Waals surface area contributed by atoms with E-state index in [-0.39, 0.29) is 52.3 Å². The second kappa shape index (κ2) is 478. The van der Waals surface area contributed by atoms with Crippen LogP contribution in [-0.4, -0.2) is 5.48 Å². The zero-order valence-electron chi connectivity index (χ0n) is 4.85. The fourth-order valence-corrected chi connectivity index (χ4v) is 0. The number of rotatable bonds is 0. The van der Waals surface area contributed by atoms with Crippen molar-refractivity contribution >= 4 is 0 Å². The van der Waals surface area contributed by atoms with Crippen molar-refractivity contribution in [3.8, 4) is 0 Å². The predicted octanol–water partition coefficient (Wildman–Crippen LogP) is 0.974. The van der Waals surface area contributed by atoms with E-state index < -0.39 is 0 Å². The molecule has 6 heavy (non-hydrogen) atoms. The molecule has 0 fully saturated rings. The van der Waals surface area contributed by atoms with Crippen LogP contribution in [0.2, 0.25) is 0 Å². The third kappa shape index (κ3) is 236. The van der Waals surface area contributed by atoms with Gasteiger partial charge in [-0.2, -0.15) is 0 Å². The monoisotopic (exact) mass is 134 g/mol. The molecule has 0 spiro atoms. The third-order valence-electron chi connectivity index (χ3n) is 0. The zero-order valence-corrected chi connectivity index (χ0v) is 5.96. The molecule has 0 bridgehead atoms. The molecule has 0 amide bonds. The average molecular weight is 134 g/mol. The van der Waals surface area contributed by atoms with Crippen LogP contribution in [0.1, 0.15) is 0 Å². The van der Waals surface area contributed by atoms with E-state index in [0.29, 0.717) is 0 Å². The summed E-state index contributed by atoms with van der Waals surface area (Å²) in [6, 6.07) is 0. The summed E-state index contributed by atoms with van der Waals surface area (Å²) in [5.74, 6) is 0. The van der Waals surface area contributed by atoms with Crippen molar-refractivity contribution in [3.63, 3.8) is 0 Å². The number of hydrogen-bond acceptors (Lipinski definition) is 0. The van der Waals surface area contributed by atoms with Gasteiger partial charge in [-0.3, -0.25) is 0 Å². The van der Waals surface area contributed by atoms with Crippen molar-refractivity contribution in [2.24, 2.45) is 0 Å². The Bertz CT molecular complexity index is 7.51. The maximum atomic E-state index is 0. The normalized spacial score (nSPS) is 0. The van der Waals surface area contributed by atoms with Crippen LogP contribution >= 0.6 is 0 Å². The molecule has 0 aliphatic heterocycles. The van der Waals surface area contributed by atoms with Gasteiger partial charge in [0, 0.05) is 0 Å². The standard InChI is InChI=1S/4CH3.Fe.H2O/h4*1H3;;1H2/q4*-1;+4;. The summed E-state index contributed by atoms with van der Waals surface area (Å²) in [5.41, 5.74) is 0. The van der Waals surface area contributed by atoms with Crippen LogP contribution < -0.4 is 0 Å². The molecule has 0 radical (unpaired) electrons. The maximum absolute atomic E-state index is 0. The molecule has 0 unspecified atom stereocenters. The van der Waals surface area contributed by atoms with E-state index in [2.05, 4.69) is 0 Å². The molecule has 1 nitrogen and oxygen atoms in total. The van der Waals surface area contributed by atoms with E-state index >= 15 is 0 Å². The minimum atomic E-state index is 0. The summed E-state index contributed by atoms with van der Waals surface area (Å²) in [7, 11) is 0. The Morgan fingerprint density at radius 1 is 0.500 bits per heavy atom. The molecule has 2 heteroatoms. The molecule has 44 valence electrons. The molecule has 2 N–H and O–H groups in total. The minimum absolute atomic E-state index is 0. The summed E-state index contributed by atoms with van der Waals surface area (Å²) in [6.07, 6.45) is 0. The van der Waals surface area contributed by atoms with Gasteiger partial charge in [-0.05, 0) is 0 Å². The molecule has 0 saturated heterocycles. The molecule has 0 aromatic heterocycles. The smallest absolute Gasteiger partial charge is 0.412 e. The molecular formula is C4H14FeO. The molecule has 0 aliphatic carbocycles. The van der Waals surface area contributed by atoms with E-state index in [0.717, 1.165) is 0 Å². The van der Waals surface area contributed by atoms with Gasteiger partial charge >= 0.3 is 17.1 Å². The first-order valence-corrected chi connectivity index (χ1v) is 0.